The van der Waals surface area contributed by atoms with Gasteiger partial charge < -0.3 is 9.47 Å². The van der Waals surface area contributed by atoms with Crippen LogP contribution in [0.3, 0.4) is 0 Å². The van der Waals surface area contributed by atoms with Crippen molar-refractivity contribution in [1.29, 1.82) is 0 Å². The molecule has 29 heavy (non-hydrogen) atoms. The second kappa shape index (κ2) is 8.48. The van der Waals surface area contributed by atoms with Crippen LogP contribution in [0.5, 0.6) is 11.5 Å². The number of anilines is 1. The van der Waals surface area contributed by atoms with Crippen LogP contribution in [0, 0.1) is 0 Å². The fourth-order valence-electron chi connectivity index (χ4n) is 3.09. The zero-order valence-corrected chi connectivity index (χ0v) is 17.7. The zero-order chi connectivity index (χ0) is 21.1. The third-order valence-corrected chi connectivity index (χ3v) is 5.07. The largest absolute Gasteiger partial charge is 0.493 e. The van der Waals surface area contributed by atoms with Crippen molar-refractivity contribution in [3.8, 4) is 11.5 Å². The van der Waals surface area contributed by atoms with E-state index in [4.69, 9.17) is 9.47 Å². The zero-order valence-electron chi connectivity index (χ0n) is 16.1. The van der Waals surface area contributed by atoms with Crippen LogP contribution in [0.4, 0.5) is 10.5 Å². The number of carbonyl (C=O) groups excluding carboxylic acids is 3. The monoisotopic (exact) mass is 458 g/mol. The van der Waals surface area contributed by atoms with E-state index in [0.29, 0.717) is 33.6 Å². The van der Waals surface area contributed by atoms with Gasteiger partial charge in [0.05, 0.1) is 24.4 Å². The molecule has 150 valence electrons. The first-order valence-corrected chi connectivity index (χ1v) is 9.61. The number of ether oxygens (including phenoxy) is 2. The van der Waals surface area contributed by atoms with Gasteiger partial charge in [-0.25, -0.2) is 9.69 Å². The number of rotatable bonds is 5. The molecule has 8 heteroatoms. The summed E-state index contributed by atoms with van der Waals surface area (Å²) >= 11 is 3.39. The molecule has 4 amide bonds. The predicted octanol–water partition coefficient (Wildman–Crippen LogP) is 3.70. The molecule has 0 bridgehead atoms. The second-order valence-electron chi connectivity index (χ2n) is 6.18. The molecule has 0 spiro atoms. The SMILES string of the molecule is CCc1ccccc1N1C(=O)NC(=O)/C(=C\c2cc(Br)c(OC)c(OC)c2)C1=O. The van der Waals surface area contributed by atoms with Gasteiger partial charge >= 0.3 is 6.03 Å². The van der Waals surface area contributed by atoms with E-state index >= 15 is 0 Å². The average Bonchev–Trinajstić information content (AvgIpc) is 2.70. The van der Waals surface area contributed by atoms with Gasteiger partial charge in [0, 0.05) is 0 Å². The van der Waals surface area contributed by atoms with Gasteiger partial charge in [-0.05, 0) is 57.8 Å². The molecule has 0 unspecified atom stereocenters. The van der Waals surface area contributed by atoms with E-state index in [1.807, 2.05) is 19.1 Å². The molecule has 1 aliphatic heterocycles. The third-order valence-electron chi connectivity index (χ3n) is 4.48. The van der Waals surface area contributed by atoms with E-state index < -0.39 is 17.8 Å². The van der Waals surface area contributed by atoms with E-state index in [-0.39, 0.29) is 5.57 Å². The van der Waals surface area contributed by atoms with Crippen LogP contribution in [0.25, 0.3) is 6.08 Å². The Labute approximate surface area is 176 Å². The minimum Gasteiger partial charge on any atom is -0.493 e. The maximum absolute atomic E-state index is 13.1. The van der Waals surface area contributed by atoms with Crippen LogP contribution in [0.15, 0.2) is 46.4 Å². The summed E-state index contributed by atoms with van der Waals surface area (Å²) in [5.41, 5.74) is 1.64. The predicted molar refractivity (Wildman–Crippen MR) is 112 cm³/mol. The summed E-state index contributed by atoms with van der Waals surface area (Å²) in [5, 5.41) is 2.24. The summed E-state index contributed by atoms with van der Waals surface area (Å²) in [4.78, 5) is 38.9. The van der Waals surface area contributed by atoms with Gasteiger partial charge in [0.1, 0.15) is 5.57 Å². The Morgan fingerprint density at radius 3 is 2.48 bits per heavy atom. The number of imide groups is 2. The van der Waals surface area contributed by atoms with Crippen LogP contribution in [0.1, 0.15) is 18.1 Å². The van der Waals surface area contributed by atoms with Crippen LogP contribution in [-0.4, -0.2) is 32.1 Å². The fraction of sp³-hybridized carbons (Fsp3) is 0.190. The number of para-hydroxylation sites is 1. The molecule has 1 fully saturated rings. The summed E-state index contributed by atoms with van der Waals surface area (Å²) in [5.74, 6) is -0.522. The molecule has 1 N–H and O–H groups in total. The van der Waals surface area contributed by atoms with Gasteiger partial charge in [-0.15, -0.1) is 0 Å². The molecule has 2 aromatic carbocycles. The molecule has 0 aromatic heterocycles. The average molecular weight is 459 g/mol. The Morgan fingerprint density at radius 2 is 1.83 bits per heavy atom. The molecule has 0 saturated carbocycles. The number of urea groups is 1. The minimum atomic E-state index is -0.772. The molecule has 7 nitrogen and oxygen atoms in total. The van der Waals surface area contributed by atoms with E-state index in [9.17, 15) is 14.4 Å². The van der Waals surface area contributed by atoms with Crippen molar-refractivity contribution in [1.82, 2.24) is 5.32 Å². The van der Waals surface area contributed by atoms with Crippen molar-refractivity contribution in [2.24, 2.45) is 0 Å². The molecule has 3 rings (SSSR count). The third kappa shape index (κ3) is 3.88. The van der Waals surface area contributed by atoms with Crippen LogP contribution >= 0.6 is 15.9 Å². The summed E-state index contributed by atoms with van der Waals surface area (Å²) < 4.78 is 11.2. The summed E-state index contributed by atoms with van der Waals surface area (Å²) in [6.45, 7) is 1.92. The van der Waals surface area contributed by atoms with Crippen molar-refractivity contribution < 1.29 is 23.9 Å². The highest BCUT2D eigenvalue weighted by Crippen LogP contribution is 2.37. The number of hydrogen-bond acceptors (Lipinski definition) is 5. The summed E-state index contributed by atoms with van der Waals surface area (Å²) in [7, 11) is 3.00. The lowest BCUT2D eigenvalue weighted by Gasteiger charge is -2.28. The highest BCUT2D eigenvalue weighted by atomic mass is 79.9. The number of methoxy groups -OCH3 is 2. The lowest BCUT2D eigenvalue weighted by molar-refractivity contribution is -0.122. The number of hydrogen-bond donors (Lipinski definition) is 1. The topological polar surface area (TPSA) is 84.9 Å². The molecule has 1 heterocycles. The molecule has 0 atom stereocenters. The second-order valence-corrected chi connectivity index (χ2v) is 7.03. The first-order chi connectivity index (χ1) is 13.9. The van der Waals surface area contributed by atoms with Crippen molar-refractivity contribution in [3.05, 3.63) is 57.6 Å². The molecule has 1 aliphatic rings. The molecular weight excluding hydrogens is 440 g/mol. The van der Waals surface area contributed by atoms with Crippen LogP contribution in [0.2, 0.25) is 0 Å². The standard InChI is InChI=1S/C21H19BrN2O5/c1-4-13-7-5-6-8-16(13)24-20(26)14(19(25)23-21(24)27)9-12-10-15(22)18(29-3)17(11-12)28-2/h5-11H,4H2,1-3H3,(H,23,25,27)/b14-9+. The Kier molecular flexibility index (Phi) is 6.03. The number of barbiturate groups is 1. The van der Waals surface area contributed by atoms with Gasteiger partial charge in [0.25, 0.3) is 11.8 Å². The number of amides is 4. The minimum absolute atomic E-state index is 0.158. The molecule has 0 aliphatic carbocycles. The van der Waals surface area contributed by atoms with Crippen molar-refractivity contribution in [2.45, 2.75) is 13.3 Å². The maximum Gasteiger partial charge on any atom is 0.335 e. The van der Waals surface area contributed by atoms with Crippen molar-refractivity contribution in [2.75, 3.05) is 19.1 Å². The van der Waals surface area contributed by atoms with E-state index in [0.717, 1.165) is 10.5 Å². The fourth-order valence-corrected chi connectivity index (χ4v) is 3.71. The molecular formula is C21H19BrN2O5. The number of nitrogens with zero attached hydrogens (tertiary/aromatic N) is 1. The van der Waals surface area contributed by atoms with E-state index in [2.05, 4.69) is 21.2 Å². The van der Waals surface area contributed by atoms with Crippen molar-refractivity contribution >= 4 is 45.5 Å². The number of aryl methyl sites for hydroxylation is 1. The van der Waals surface area contributed by atoms with Gasteiger partial charge in [-0.2, -0.15) is 0 Å². The first kappa shape index (κ1) is 20.6. The van der Waals surface area contributed by atoms with Gasteiger partial charge in [-0.3, -0.25) is 14.9 Å². The normalized spacial score (nSPS) is 15.5. The summed E-state index contributed by atoms with van der Waals surface area (Å²) in [6.07, 6.45) is 2.04. The smallest absolute Gasteiger partial charge is 0.335 e. The lowest BCUT2D eigenvalue weighted by Crippen LogP contribution is -2.54. The van der Waals surface area contributed by atoms with Crippen LogP contribution < -0.4 is 19.7 Å². The number of nitrogens with one attached hydrogen (secondary N) is 1. The molecule has 1 saturated heterocycles. The highest BCUT2D eigenvalue weighted by Gasteiger charge is 2.37. The van der Waals surface area contributed by atoms with Crippen LogP contribution in [-0.2, 0) is 16.0 Å². The van der Waals surface area contributed by atoms with E-state index in [1.165, 1.54) is 20.3 Å². The number of halogens is 1. The summed E-state index contributed by atoms with van der Waals surface area (Å²) in [6, 6.07) is 9.63. The quantitative estimate of drug-likeness (QED) is 0.545. The maximum atomic E-state index is 13.1. The number of carbonyl (C=O) groups is 3. The van der Waals surface area contributed by atoms with Gasteiger partial charge in [0.15, 0.2) is 11.5 Å². The Morgan fingerprint density at radius 1 is 1.10 bits per heavy atom. The Hall–Kier alpha value is -3.13. The molecule has 2 aromatic rings. The number of benzene rings is 2. The molecule has 0 radical (unpaired) electrons. The first-order valence-electron chi connectivity index (χ1n) is 8.82. The lowest BCUT2D eigenvalue weighted by atomic mass is 10.0. The van der Waals surface area contributed by atoms with E-state index in [1.54, 1.807) is 24.3 Å². The Balaban J connectivity index is 2.08. The highest BCUT2D eigenvalue weighted by molar-refractivity contribution is 9.10. The van der Waals surface area contributed by atoms with Gasteiger partial charge in [-0.1, -0.05) is 25.1 Å². The van der Waals surface area contributed by atoms with Gasteiger partial charge in [0.2, 0.25) is 0 Å². The Bertz CT molecular complexity index is 1030. The van der Waals surface area contributed by atoms with Crippen molar-refractivity contribution in [3.63, 3.8) is 0 Å².